The number of phosphoric ester groups is 1. The van der Waals surface area contributed by atoms with Crippen molar-refractivity contribution in [3.05, 3.63) is 59.1 Å². The van der Waals surface area contributed by atoms with Crippen LogP contribution in [0.3, 0.4) is 0 Å². The van der Waals surface area contributed by atoms with Gasteiger partial charge in [0.2, 0.25) is 0 Å². The molecule has 0 aliphatic heterocycles. The molecule has 0 spiro atoms. The van der Waals surface area contributed by atoms with E-state index in [2.05, 4.69) is 52.0 Å². The van der Waals surface area contributed by atoms with Crippen LogP contribution in [0.4, 0.5) is 0 Å². The van der Waals surface area contributed by atoms with Gasteiger partial charge >= 0.3 is 19.8 Å². The molecule has 0 amide bonds. The van der Waals surface area contributed by atoms with E-state index >= 15 is 0 Å². The van der Waals surface area contributed by atoms with Crippen LogP contribution in [-0.4, -0.2) is 71.7 Å². The molecule has 1 aromatic heterocycles. The third kappa shape index (κ3) is 27.2. The molecule has 0 aliphatic carbocycles. The smallest absolute Gasteiger partial charge is 0.466 e. The first-order valence-electron chi connectivity index (χ1n) is 22.0. The van der Waals surface area contributed by atoms with Gasteiger partial charge in [-0.3, -0.25) is 18.6 Å². The molecule has 13 heteroatoms. The fourth-order valence-electron chi connectivity index (χ4n) is 6.25. The van der Waals surface area contributed by atoms with Gasteiger partial charge in [-0.05, 0) is 89.2 Å². The van der Waals surface area contributed by atoms with Gasteiger partial charge in [0, 0.05) is 32.2 Å². The van der Waals surface area contributed by atoms with E-state index in [0.717, 1.165) is 88.6 Å². The van der Waals surface area contributed by atoms with Crippen molar-refractivity contribution in [3.63, 3.8) is 0 Å². The number of furan rings is 1. The zero-order valence-corrected chi connectivity index (χ0v) is 37.1. The summed E-state index contributed by atoms with van der Waals surface area (Å²) in [6, 6.07) is 0. The van der Waals surface area contributed by atoms with Crippen LogP contribution in [0.15, 0.2) is 40.9 Å². The first-order chi connectivity index (χ1) is 27.9. The summed E-state index contributed by atoms with van der Waals surface area (Å²) in [4.78, 5) is 35.0. The largest absolute Gasteiger partial charge is 0.472 e. The summed E-state index contributed by atoms with van der Waals surface area (Å²) in [5.74, 6) is 1.13. The molecule has 1 heterocycles. The molecule has 0 saturated heterocycles. The van der Waals surface area contributed by atoms with Crippen LogP contribution in [0.2, 0.25) is 0 Å². The van der Waals surface area contributed by atoms with Crippen molar-refractivity contribution in [1.29, 1.82) is 0 Å². The molecule has 58 heavy (non-hydrogen) atoms. The van der Waals surface area contributed by atoms with Gasteiger partial charge in [0.15, 0.2) is 6.10 Å². The second-order valence-corrected chi connectivity index (χ2v) is 16.6. The number of aryl methyl sites for hydroxylation is 2. The second-order valence-electron chi connectivity index (χ2n) is 15.1. The van der Waals surface area contributed by atoms with Crippen molar-refractivity contribution >= 4 is 19.8 Å². The number of carbonyl (C=O) groups is 2. The van der Waals surface area contributed by atoms with E-state index in [4.69, 9.17) is 28.7 Å². The molecule has 0 bridgehead atoms. The van der Waals surface area contributed by atoms with Gasteiger partial charge in [-0.1, -0.05) is 102 Å². The van der Waals surface area contributed by atoms with E-state index in [0.29, 0.717) is 6.42 Å². The molecule has 0 radical (unpaired) electrons. The lowest BCUT2D eigenvalue weighted by Crippen LogP contribution is -2.30. The Balaban J connectivity index is 2.35. The fourth-order valence-corrected chi connectivity index (χ4v) is 7.02. The van der Waals surface area contributed by atoms with Crippen molar-refractivity contribution in [1.82, 2.24) is 0 Å². The molecular weight excluding hydrogens is 761 g/mol. The van der Waals surface area contributed by atoms with E-state index < -0.39 is 44.7 Å². The highest BCUT2D eigenvalue weighted by Crippen LogP contribution is 2.43. The highest BCUT2D eigenvalue weighted by atomic mass is 31.2. The maximum absolute atomic E-state index is 12.6. The van der Waals surface area contributed by atoms with Gasteiger partial charge in [-0.2, -0.15) is 0 Å². The lowest BCUT2D eigenvalue weighted by Gasteiger charge is -2.20. The van der Waals surface area contributed by atoms with E-state index in [1.54, 1.807) is 0 Å². The number of phosphoric acid groups is 1. The monoisotopic (exact) mass is 840 g/mol. The molecule has 12 nitrogen and oxygen atoms in total. The minimum absolute atomic E-state index is 0.00137. The van der Waals surface area contributed by atoms with E-state index in [-0.39, 0.29) is 51.9 Å². The van der Waals surface area contributed by atoms with Crippen molar-refractivity contribution in [2.45, 2.75) is 187 Å². The molecule has 334 valence electrons. The normalized spacial score (nSPS) is 14.7. The number of unbranched alkanes of at least 4 members (excludes halogenated alkanes) is 10. The Morgan fingerprint density at radius 1 is 0.707 bits per heavy atom. The van der Waals surface area contributed by atoms with Gasteiger partial charge in [0.05, 0.1) is 25.4 Å². The third-order valence-corrected chi connectivity index (χ3v) is 10.9. The van der Waals surface area contributed by atoms with E-state index in [9.17, 15) is 29.3 Å². The topological polar surface area (TPSA) is 188 Å². The highest BCUT2D eigenvalue weighted by Gasteiger charge is 2.26. The Morgan fingerprint density at radius 3 is 1.97 bits per heavy atom. The van der Waals surface area contributed by atoms with E-state index in [1.807, 2.05) is 12.2 Å². The van der Waals surface area contributed by atoms with Crippen molar-refractivity contribution < 1.29 is 52.2 Å². The standard InChI is InChI=1S/C45H78NO11P/c1-5-7-8-9-10-11-12-13-14-17-20-23-28-40(47)41(48)29-26-32-45(50)56-39(36-55-58(51,52)54-34-33-46)35-53-44(49)31-25-22-19-16-15-18-21-24-30-43-38(4)37(3)42(57-43)27-6-2/h10-11,13-14,20,23,39-41,47-48H,5-9,12,15-19,21-22,24-36,46H2,1-4H3,(H,51,52)/b11-10-,14-13-,23-20-/t39-,40?,41?/m1/s1. The number of hydrogen-bond acceptors (Lipinski definition) is 11. The summed E-state index contributed by atoms with van der Waals surface area (Å²) in [6.45, 7) is 7.55. The number of aliphatic hydroxyl groups is 2. The van der Waals surface area contributed by atoms with Gasteiger partial charge in [-0.15, -0.1) is 0 Å². The number of ether oxygens (including phenoxy) is 2. The zero-order chi connectivity index (χ0) is 42.9. The number of aliphatic hydroxyl groups excluding tert-OH is 2. The number of hydrogen-bond donors (Lipinski definition) is 4. The number of carbonyl (C=O) groups excluding carboxylic acids is 2. The van der Waals surface area contributed by atoms with Crippen molar-refractivity contribution in [2.24, 2.45) is 5.73 Å². The summed E-state index contributed by atoms with van der Waals surface area (Å²) >= 11 is 0. The Labute approximate surface area is 349 Å². The minimum atomic E-state index is -4.47. The van der Waals surface area contributed by atoms with Gasteiger partial charge in [0.25, 0.3) is 0 Å². The number of allylic oxidation sites excluding steroid dienone is 5. The molecule has 0 saturated carbocycles. The predicted molar refractivity (Wildman–Crippen MR) is 230 cm³/mol. The molecule has 0 aromatic carbocycles. The lowest BCUT2D eigenvalue weighted by molar-refractivity contribution is -0.161. The maximum Gasteiger partial charge on any atom is 0.472 e. The number of rotatable bonds is 37. The molecule has 5 N–H and O–H groups in total. The average Bonchev–Trinajstić information content (AvgIpc) is 3.46. The molecule has 1 rings (SSSR count). The Kier molecular flexibility index (Phi) is 31.5. The minimum Gasteiger partial charge on any atom is -0.466 e. The van der Waals surface area contributed by atoms with Crippen molar-refractivity contribution in [3.8, 4) is 0 Å². The van der Waals surface area contributed by atoms with Crippen LogP contribution >= 0.6 is 7.82 Å². The van der Waals surface area contributed by atoms with Gasteiger partial charge < -0.3 is 34.7 Å². The van der Waals surface area contributed by atoms with Crippen LogP contribution in [0, 0.1) is 13.8 Å². The Morgan fingerprint density at radius 2 is 1.31 bits per heavy atom. The Hall–Kier alpha value is -2.57. The van der Waals surface area contributed by atoms with Crippen molar-refractivity contribution in [2.75, 3.05) is 26.4 Å². The zero-order valence-electron chi connectivity index (χ0n) is 36.2. The molecule has 1 aromatic rings. The molecule has 3 unspecified atom stereocenters. The quantitative estimate of drug-likeness (QED) is 0.0215. The highest BCUT2D eigenvalue weighted by molar-refractivity contribution is 7.47. The van der Waals surface area contributed by atoms with Crippen LogP contribution in [0.1, 0.15) is 165 Å². The SMILES string of the molecule is CCCCC/C=C\C/C=C\C/C=C\CC(O)C(O)CCCC(=O)O[C@H](COC(=O)CCCCCCCCCCc1oc(CCC)c(C)c1C)COP(=O)(O)OCCN. The fraction of sp³-hybridized carbons (Fsp3) is 0.733. The lowest BCUT2D eigenvalue weighted by atomic mass is 10.0. The number of nitrogens with two attached hydrogens (primary N) is 1. The van der Waals surface area contributed by atoms with Crippen LogP contribution in [0.5, 0.6) is 0 Å². The Bertz CT molecular complexity index is 1360. The first-order valence-corrected chi connectivity index (χ1v) is 23.5. The third-order valence-electron chi connectivity index (χ3n) is 9.90. The first kappa shape index (κ1) is 53.4. The summed E-state index contributed by atoms with van der Waals surface area (Å²) in [5.41, 5.74) is 7.93. The van der Waals surface area contributed by atoms with E-state index in [1.165, 1.54) is 36.8 Å². The molecule has 0 aliphatic rings. The van der Waals surface area contributed by atoms with Crippen LogP contribution < -0.4 is 5.73 Å². The van der Waals surface area contributed by atoms with Crippen LogP contribution in [-0.2, 0) is 45.5 Å². The predicted octanol–water partition coefficient (Wildman–Crippen LogP) is 9.76. The average molecular weight is 840 g/mol. The molecule has 4 atom stereocenters. The summed E-state index contributed by atoms with van der Waals surface area (Å²) < 4.78 is 38.7. The molecular formula is C45H78NO11P. The number of esters is 2. The van der Waals surface area contributed by atoms with Crippen LogP contribution in [0.25, 0.3) is 0 Å². The maximum atomic E-state index is 12.6. The molecule has 0 fully saturated rings. The summed E-state index contributed by atoms with van der Waals surface area (Å²) in [6.07, 6.45) is 27.7. The summed E-state index contributed by atoms with van der Waals surface area (Å²) in [7, 11) is -4.47. The van der Waals surface area contributed by atoms with Gasteiger partial charge in [0.1, 0.15) is 18.1 Å². The second kappa shape index (κ2) is 34.2. The summed E-state index contributed by atoms with van der Waals surface area (Å²) in [5, 5.41) is 20.7. The van der Waals surface area contributed by atoms with Gasteiger partial charge in [-0.25, -0.2) is 4.57 Å².